The minimum Gasteiger partial charge on any atom is -0.493 e. The number of likely N-dealkylation sites (tertiary alicyclic amines) is 1. The molecule has 1 aromatic rings. The van der Waals surface area contributed by atoms with Crippen LogP contribution in [0.3, 0.4) is 0 Å². The summed E-state index contributed by atoms with van der Waals surface area (Å²) in [5, 5.41) is 12.7. The lowest BCUT2D eigenvalue weighted by Gasteiger charge is -2.17. The molecule has 0 saturated carbocycles. The molecule has 0 aliphatic carbocycles. The molecule has 0 aromatic heterocycles. The van der Waals surface area contributed by atoms with Gasteiger partial charge in [0.25, 0.3) is 0 Å². The fourth-order valence-electron chi connectivity index (χ4n) is 2.83. The summed E-state index contributed by atoms with van der Waals surface area (Å²) >= 11 is 0. The summed E-state index contributed by atoms with van der Waals surface area (Å²) in [6.07, 6.45) is 0.795. The van der Waals surface area contributed by atoms with Gasteiger partial charge in [0.1, 0.15) is 11.9 Å². The number of methoxy groups -OCH3 is 1. The number of urea groups is 1. The molecule has 1 saturated heterocycles. The lowest BCUT2D eigenvalue weighted by Crippen LogP contribution is -2.40. The van der Waals surface area contributed by atoms with E-state index in [2.05, 4.69) is 19.2 Å². The van der Waals surface area contributed by atoms with Crippen LogP contribution in [0.25, 0.3) is 0 Å². The van der Waals surface area contributed by atoms with Crippen molar-refractivity contribution >= 4 is 6.03 Å². The van der Waals surface area contributed by atoms with Crippen molar-refractivity contribution in [3.8, 4) is 5.75 Å². The van der Waals surface area contributed by atoms with Gasteiger partial charge in [-0.3, -0.25) is 0 Å². The molecule has 0 radical (unpaired) electrons. The number of para-hydroxylation sites is 1. The lowest BCUT2D eigenvalue weighted by atomic mass is 10.1. The van der Waals surface area contributed by atoms with Crippen molar-refractivity contribution in [2.45, 2.75) is 38.9 Å². The topological polar surface area (TPSA) is 71.0 Å². The largest absolute Gasteiger partial charge is 0.493 e. The molecule has 1 fully saturated rings. The van der Waals surface area contributed by atoms with E-state index in [1.54, 1.807) is 12.0 Å². The minimum absolute atomic E-state index is 0.170. The molecular weight excluding hydrogens is 320 g/mol. The summed E-state index contributed by atoms with van der Waals surface area (Å²) in [6.45, 7) is 6.29. The average Bonchev–Trinajstić information content (AvgIpc) is 2.97. The Hall–Kier alpha value is -1.79. The van der Waals surface area contributed by atoms with E-state index in [1.807, 2.05) is 24.3 Å². The maximum absolute atomic E-state index is 12.2. The first-order chi connectivity index (χ1) is 12.0. The van der Waals surface area contributed by atoms with Gasteiger partial charge in [0.2, 0.25) is 0 Å². The highest BCUT2D eigenvalue weighted by Crippen LogP contribution is 2.19. The number of aliphatic hydroxyl groups excluding tert-OH is 1. The summed E-state index contributed by atoms with van der Waals surface area (Å²) < 4.78 is 11.0. The summed E-state index contributed by atoms with van der Waals surface area (Å²) in [4.78, 5) is 13.8. The summed E-state index contributed by atoms with van der Waals surface area (Å²) in [6, 6.07) is 7.77. The van der Waals surface area contributed by atoms with Gasteiger partial charge in [-0.05, 0) is 30.4 Å². The molecule has 0 bridgehead atoms. The van der Waals surface area contributed by atoms with E-state index in [0.717, 1.165) is 17.7 Å². The second-order valence-corrected chi connectivity index (χ2v) is 6.87. The number of rotatable bonds is 8. The molecular formula is C19H30N2O4. The molecule has 1 aromatic carbocycles. The van der Waals surface area contributed by atoms with Crippen LogP contribution in [0.4, 0.5) is 4.79 Å². The molecule has 1 heterocycles. The fourth-order valence-corrected chi connectivity index (χ4v) is 2.83. The minimum atomic E-state index is -0.620. The van der Waals surface area contributed by atoms with Crippen molar-refractivity contribution in [3.63, 3.8) is 0 Å². The summed E-state index contributed by atoms with van der Waals surface area (Å²) in [5.74, 6) is 1.49. The van der Waals surface area contributed by atoms with Gasteiger partial charge in [-0.1, -0.05) is 32.0 Å². The van der Waals surface area contributed by atoms with Crippen LogP contribution in [0.5, 0.6) is 5.75 Å². The summed E-state index contributed by atoms with van der Waals surface area (Å²) in [7, 11) is 1.55. The molecule has 2 amide bonds. The van der Waals surface area contributed by atoms with Crippen LogP contribution < -0.4 is 10.1 Å². The zero-order valence-electron chi connectivity index (χ0n) is 15.4. The zero-order chi connectivity index (χ0) is 18.2. The van der Waals surface area contributed by atoms with Gasteiger partial charge in [-0.25, -0.2) is 4.79 Å². The van der Waals surface area contributed by atoms with Crippen molar-refractivity contribution in [2.24, 2.45) is 5.92 Å². The fraction of sp³-hybridized carbons (Fsp3) is 0.632. The van der Waals surface area contributed by atoms with Crippen LogP contribution >= 0.6 is 0 Å². The molecule has 6 heteroatoms. The molecule has 1 aliphatic heterocycles. The van der Waals surface area contributed by atoms with E-state index in [9.17, 15) is 9.90 Å². The molecule has 2 rings (SSSR count). The SMILES string of the molecule is CO[C@H]1CN(C(=O)NCCc2ccccc2OCCC(C)C)C[C@@H]1O. The number of amides is 2. The van der Waals surface area contributed by atoms with Crippen LogP contribution in [0, 0.1) is 5.92 Å². The molecule has 25 heavy (non-hydrogen) atoms. The van der Waals surface area contributed by atoms with Crippen LogP contribution in [-0.4, -0.2) is 61.6 Å². The van der Waals surface area contributed by atoms with E-state index >= 15 is 0 Å². The number of hydrogen-bond donors (Lipinski definition) is 2. The monoisotopic (exact) mass is 350 g/mol. The van der Waals surface area contributed by atoms with Crippen molar-refractivity contribution in [2.75, 3.05) is 33.4 Å². The van der Waals surface area contributed by atoms with E-state index in [1.165, 1.54) is 0 Å². The third kappa shape index (κ3) is 5.90. The predicted molar refractivity (Wildman–Crippen MR) is 96.9 cm³/mol. The average molecular weight is 350 g/mol. The van der Waals surface area contributed by atoms with Crippen molar-refractivity contribution in [3.05, 3.63) is 29.8 Å². The number of β-amino-alcohol motifs (C(OH)–C–C–N with tert-alkyl or cyclic N) is 1. The highest BCUT2D eigenvalue weighted by molar-refractivity contribution is 5.74. The van der Waals surface area contributed by atoms with Crippen molar-refractivity contribution in [1.82, 2.24) is 10.2 Å². The quantitative estimate of drug-likeness (QED) is 0.753. The standard InChI is InChI=1S/C19H30N2O4/c1-14(2)9-11-25-17-7-5-4-6-15(17)8-10-20-19(23)21-12-16(22)18(13-21)24-3/h4-7,14,16,18,22H,8-13H2,1-3H3,(H,20,23)/t16-,18-/m0/s1. The number of benzene rings is 1. The third-order valence-corrected chi connectivity index (χ3v) is 4.42. The highest BCUT2D eigenvalue weighted by Gasteiger charge is 2.33. The maximum Gasteiger partial charge on any atom is 0.317 e. The number of ether oxygens (including phenoxy) is 2. The van der Waals surface area contributed by atoms with E-state index in [4.69, 9.17) is 9.47 Å². The predicted octanol–water partition coefficient (Wildman–Crippen LogP) is 2.06. The van der Waals surface area contributed by atoms with Gasteiger partial charge in [0.05, 0.1) is 25.8 Å². The first-order valence-corrected chi connectivity index (χ1v) is 8.95. The van der Waals surface area contributed by atoms with Gasteiger partial charge in [-0.15, -0.1) is 0 Å². The highest BCUT2D eigenvalue weighted by atomic mass is 16.5. The Morgan fingerprint density at radius 2 is 2.12 bits per heavy atom. The number of hydrogen-bond acceptors (Lipinski definition) is 4. The Balaban J connectivity index is 1.79. The maximum atomic E-state index is 12.2. The molecule has 0 unspecified atom stereocenters. The number of aliphatic hydroxyl groups is 1. The Kier molecular flexibility index (Phi) is 7.52. The normalized spacial score (nSPS) is 20.1. The number of nitrogens with one attached hydrogen (secondary N) is 1. The lowest BCUT2D eigenvalue weighted by molar-refractivity contribution is 0.0215. The van der Waals surface area contributed by atoms with E-state index in [0.29, 0.717) is 38.6 Å². The zero-order valence-corrected chi connectivity index (χ0v) is 15.4. The number of carbonyl (C=O) groups is 1. The van der Waals surface area contributed by atoms with Crippen LogP contribution in [0.2, 0.25) is 0 Å². The van der Waals surface area contributed by atoms with Gasteiger partial charge in [0.15, 0.2) is 0 Å². The second kappa shape index (κ2) is 9.63. The van der Waals surface area contributed by atoms with E-state index < -0.39 is 6.10 Å². The van der Waals surface area contributed by atoms with Crippen LogP contribution in [-0.2, 0) is 11.2 Å². The van der Waals surface area contributed by atoms with Crippen LogP contribution in [0.1, 0.15) is 25.8 Å². The number of carbonyl (C=O) groups excluding carboxylic acids is 1. The van der Waals surface area contributed by atoms with Gasteiger partial charge < -0.3 is 24.8 Å². The molecule has 2 atom stereocenters. The molecule has 140 valence electrons. The van der Waals surface area contributed by atoms with Crippen molar-refractivity contribution in [1.29, 1.82) is 0 Å². The Morgan fingerprint density at radius 1 is 1.36 bits per heavy atom. The molecule has 2 N–H and O–H groups in total. The van der Waals surface area contributed by atoms with Gasteiger partial charge >= 0.3 is 6.03 Å². The van der Waals surface area contributed by atoms with Gasteiger partial charge in [-0.2, -0.15) is 0 Å². The van der Waals surface area contributed by atoms with Gasteiger partial charge in [0, 0.05) is 13.7 Å². The second-order valence-electron chi connectivity index (χ2n) is 6.87. The summed E-state index contributed by atoms with van der Waals surface area (Å²) in [5.41, 5.74) is 1.09. The smallest absolute Gasteiger partial charge is 0.317 e. The first kappa shape index (κ1) is 19.5. The first-order valence-electron chi connectivity index (χ1n) is 8.95. The molecule has 1 aliphatic rings. The number of nitrogens with zero attached hydrogens (tertiary/aromatic N) is 1. The molecule has 0 spiro atoms. The Labute approximate surface area is 150 Å². The van der Waals surface area contributed by atoms with Crippen molar-refractivity contribution < 1.29 is 19.4 Å². The van der Waals surface area contributed by atoms with Crippen LogP contribution in [0.15, 0.2) is 24.3 Å². The Bertz CT molecular complexity index is 550. The van der Waals surface area contributed by atoms with E-state index in [-0.39, 0.29) is 12.1 Å². The Morgan fingerprint density at radius 3 is 2.80 bits per heavy atom. The third-order valence-electron chi connectivity index (χ3n) is 4.42. The molecule has 6 nitrogen and oxygen atoms in total.